The topological polar surface area (TPSA) is 114 Å². The molecule has 0 atom stereocenters. The van der Waals surface area contributed by atoms with Crippen LogP contribution in [0.3, 0.4) is 0 Å². The van der Waals surface area contributed by atoms with Gasteiger partial charge in [-0.2, -0.15) is 13.2 Å². The van der Waals surface area contributed by atoms with E-state index in [0.29, 0.717) is 5.75 Å². The lowest BCUT2D eigenvalue weighted by Crippen LogP contribution is -2.23. The summed E-state index contributed by atoms with van der Waals surface area (Å²) >= 11 is 0. The Hall–Kier alpha value is -3.56. The number of benzene rings is 1. The number of nitrogens with one attached hydrogen (secondary N) is 1. The minimum absolute atomic E-state index is 0.0190. The van der Waals surface area contributed by atoms with Gasteiger partial charge < -0.3 is 20.7 Å². The van der Waals surface area contributed by atoms with Crippen LogP contribution in [0.5, 0.6) is 5.75 Å². The van der Waals surface area contributed by atoms with Crippen molar-refractivity contribution in [3.8, 4) is 5.75 Å². The van der Waals surface area contributed by atoms with Gasteiger partial charge in [0.25, 0.3) is 5.91 Å². The number of rotatable bonds is 1. The monoisotopic (exact) mass is 448 g/mol. The zero-order chi connectivity index (χ0) is 24.0. The molecule has 2 aromatic heterocycles. The van der Waals surface area contributed by atoms with Gasteiger partial charge in [0, 0.05) is 30.3 Å². The highest BCUT2D eigenvalue weighted by Gasteiger charge is 2.43. The second-order valence-corrected chi connectivity index (χ2v) is 7.57. The number of likely N-dealkylation sites (N-methyl/N-ethyl adjacent to an activating group) is 1. The minimum Gasteiger partial charge on any atom is -0.508 e. The second-order valence-electron chi connectivity index (χ2n) is 7.57. The van der Waals surface area contributed by atoms with Crippen molar-refractivity contribution in [2.45, 2.75) is 40.3 Å². The van der Waals surface area contributed by atoms with E-state index in [4.69, 9.17) is 10.3 Å². The molecule has 3 aromatic rings. The molecule has 1 aliphatic rings. The van der Waals surface area contributed by atoms with Gasteiger partial charge in [-0.25, -0.2) is 4.98 Å². The van der Waals surface area contributed by atoms with Gasteiger partial charge in [-0.3, -0.25) is 4.79 Å². The standard InChI is InChI=1S/C13H11F3N4O2.C9H12O/c1-4-9-10(22-20-4)5-3-6(17)8(12(21)18-2)7(5)11(19-9)13(14,15)16;1-6-4-5-9(10)8(3)7(6)2/h3,17H2,1-2H3,(H,18,21);4-5,10H,1-3H3. The van der Waals surface area contributed by atoms with E-state index in [0.717, 1.165) is 5.56 Å². The third kappa shape index (κ3) is 3.88. The summed E-state index contributed by atoms with van der Waals surface area (Å²) in [6, 6.07) is 3.66. The molecule has 1 aliphatic carbocycles. The first-order valence-electron chi connectivity index (χ1n) is 9.71. The predicted molar refractivity (Wildman–Crippen MR) is 113 cm³/mol. The fourth-order valence-electron chi connectivity index (χ4n) is 3.53. The number of phenols is 1. The van der Waals surface area contributed by atoms with E-state index in [1.807, 2.05) is 26.8 Å². The van der Waals surface area contributed by atoms with Crippen LogP contribution in [0.15, 0.2) is 22.4 Å². The molecular formula is C22H23F3N4O3. The summed E-state index contributed by atoms with van der Waals surface area (Å²) in [5, 5.41) is 15.2. The molecule has 0 bridgehead atoms. The number of phenolic OH excluding ortho intramolecular Hbond substituents is 1. The second kappa shape index (κ2) is 8.18. The van der Waals surface area contributed by atoms with Crippen molar-refractivity contribution in [2.75, 3.05) is 7.05 Å². The van der Waals surface area contributed by atoms with E-state index in [1.165, 1.54) is 25.1 Å². The number of allylic oxidation sites excluding steroid dienone is 1. The molecule has 1 amide bonds. The van der Waals surface area contributed by atoms with Gasteiger partial charge in [-0.15, -0.1) is 0 Å². The highest BCUT2D eigenvalue weighted by molar-refractivity contribution is 6.23. The van der Waals surface area contributed by atoms with Crippen LogP contribution in [0, 0.1) is 27.7 Å². The number of carbonyl (C=O) groups is 1. The molecule has 0 fully saturated rings. The van der Waals surface area contributed by atoms with Crippen LogP contribution in [-0.2, 0) is 17.4 Å². The summed E-state index contributed by atoms with van der Waals surface area (Å²) in [5.41, 5.74) is 8.11. The number of fused-ring (bicyclic) bond motifs is 3. The molecule has 7 nitrogen and oxygen atoms in total. The van der Waals surface area contributed by atoms with Gasteiger partial charge in [0.2, 0.25) is 0 Å². The summed E-state index contributed by atoms with van der Waals surface area (Å²) in [4.78, 5) is 15.5. The number of aromatic hydroxyl groups is 1. The molecule has 0 spiro atoms. The smallest absolute Gasteiger partial charge is 0.434 e. The van der Waals surface area contributed by atoms with Gasteiger partial charge in [-0.1, -0.05) is 11.2 Å². The number of hydrogen-bond donors (Lipinski definition) is 3. The van der Waals surface area contributed by atoms with Crippen molar-refractivity contribution >= 4 is 22.6 Å². The van der Waals surface area contributed by atoms with E-state index in [1.54, 1.807) is 6.07 Å². The molecule has 0 unspecified atom stereocenters. The largest absolute Gasteiger partial charge is 0.508 e. The van der Waals surface area contributed by atoms with E-state index >= 15 is 0 Å². The van der Waals surface area contributed by atoms with E-state index < -0.39 is 17.8 Å². The predicted octanol–water partition coefficient (Wildman–Crippen LogP) is 3.84. The Kier molecular flexibility index (Phi) is 5.90. The molecule has 10 heteroatoms. The van der Waals surface area contributed by atoms with Crippen LogP contribution < -0.4 is 11.1 Å². The normalized spacial score (nSPS) is 13.1. The number of nitrogens with zero attached hydrogens (tertiary/aromatic N) is 2. The molecule has 170 valence electrons. The summed E-state index contributed by atoms with van der Waals surface area (Å²) in [6.07, 6.45) is -4.75. The molecule has 4 N–H and O–H groups in total. The quantitative estimate of drug-likeness (QED) is 0.521. The first kappa shape index (κ1) is 23.1. The number of carbonyl (C=O) groups excluding carboxylic acids is 1. The average Bonchev–Trinajstić information content (AvgIpc) is 3.27. The lowest BCUT2D eigenvalue weighted by molar-refractivity contribution is -0.141. The van der Waals surface area contributed by atoms with Crippen molar-refractivity contribution in [2.24, 2.45) is 5.73 Å². The Bertz CT molecular complexity index is 1230. The minimum atomic E-state index is -4.73. The summed E-state index contributed by atoms with van der Waals surface area (Å²) < 4.78 is 45.2. The third-order valence-corrected chi connectivity index (χ3v) is 5.56. The van der Waals surface area contributed by atoms with Crippen LogP contribution in [-0.4, -0.2) is 28.2 Å². The maximum Gasteiger partial charge on any atom is 0.434 e. The van der Waals surface area contributed by atoms with E-state index in [2.05, 4.69) is 15.5 Å². The van der Waals surface area contributed by atoms with E-state index in [9.17, 15) is 23.1 Å². The van der Waals surface area contributed by atoms with Crippen LogP contribution in [0.1, 0.15) is 39.2 Å². The number of hydrogen-bond acceptors (Lipinski definition) is 6. The van der Waals surface area contributed by atoms with Gasteiger partial charge in [0.15, 0.2) is 11.3 Å². The number of halogens is 3. The molecule has 2 heterocycles. The Morgan fingerprint density at radius 1 is 1.19 bits per heavy atom. The summed E-state index contributed by atoms with van der Waals surface area (Å²) in [7, 11) is 1.32. The molecule has 1 aromatic carbocycles. The van der Waals surface area contributed by atoms with Gasteiger partial charge in [-0.05, 0) is 50.5 Å². The van der Waals surface area contributed by atoms with Crippen molar-refractivity contribution < 1.29 is 27.6 Å². The Balaban J connectivity index is 0.000000243. The maximum atomic E-state index is 13.4. The van der Waals surface area contributed by atoms with Gasteiger partial charge in [0.05, 0.1) is 5.57 Å². The number of pyridine rings is 1. The fraction of sp³-hybridized carbons (Fsp3) is 0.318. The molecule has 0 aliphatic heterocycles. The summed E-state index contributed by atoms with van der Waals surface area (Å²) in [6.45, 7) is 7.49. The lowest BCUT2D eigenvalue weighted by atomic mass is 10.0. The van der Waals surface area contributed by atoms with Crippen molar-refractivity contribution in [3.05, 3.63) is 57.0 Å². The van der Waals surface area contributed by atoms with Crippen LogP contribution in [0.25, 0.3) is 16.7 Å². The highest BCUT2D eigenvalue weighted by atomic mass is 19.4. The lowest BCUT2D eigenvalue weighted by Gasteiger charge is -2.13. The maximum absolute atomic E-state index is 13.4. The molecule has 32 heavy (non-hydrogen) atoms. The molecular weight excluding hydrogens is 425 g/mol. The number of aromatic nitrogens is 2. The Morgan fingerprint density at radius 2 is 1.84 bits per heavy atom. The fourth-order valence-corrected chi connectivity index (χ4v) is 3.53. The van der Waals surface area contributed by atoms with Crippen molar-refractivity contribution in [1.82, 2.24) is 15.5 Å². The Morgan fingerprint density at radius 3 is 2.41 bits per heavy atom. The zero-order valence-corrected chi connectivity index (χ0v) is 18.2. The SMILES string of the molecule is CNC(=O)C1=C(N)Cc2c1c(C(F)(F)F)nc1c(C)noc21.Cc1ccc(O)c(C)c1C. The number of alkyl halides is 3. The van der Waals surface area contributed by atoms with Crippen LogP contribution in [0.4, 0.5) is 13.2 Å². The number of aryl methyl sites for hydroxylation is 2. The highest BCUT2D eigenvalue weighted by Crippen LogP contribution is 2.43. The Labute approximate surface area is 182 Å². The first-order valence-corrected chi connectivity index (χ1v) is 9.71. The van der Waals surface area contributed by atoms with Crippen LogP contribution >= 0.6 is 0 Å². The molecule has 4 rings (SSSR count). The van der Waals surface area contributed by atoms with Crippen LogP contribution in [0.2, 0.25) is 0 Å². The van der Waals surface area contributed by atoms with Crippen molar-refractivity contribution in [1.29, 1.82) is 0 Å². The average molecular weight is 448 g/mol. The molecule has 0 saturated heterocycles. The molecule has 0 saturated carbocycles. The first-order chi connectivity index (χ1) is 14.9. The number of nitrogens with two attached hydrogens (primary N) is 1. The third-order valence-electron chi connectivity index (χ3n) is 5.56. The van der Waals surface area contributed by atoms with Crippen molar-refractivity contribution in [3.63, 3.8) is 0 Å². The molecule has 0 radical (unpaired) electrons. The van der Waals surface area contributed by atoms with Gasteiger partial charge in [0.1, 0.15) is 17.0 Å². The summed E-state index contributed by atoms with van der Waals surface area (Å²) in [5.74, 6) is -0.303. The van der Waals surface area contributed by atoms with Gasteiger partial charge >= 0.3 is 6.18 Å². The van der Waals surface area contributed by atoms with E-state index in [-0.39, 0.29) is 45.6 Å². The zero-order valence-electron chi connectivity index (χ0n) is 18.2. The number of amides is 1.